The summed E-state index contributed by atoms with van der Waals surface area (Å²) in [5, 5.41) is 7.02. The third kappa shape index (κ3) is 3.84. The molecule has 1 atom stereocenters. The van der Waals surface area contributed by atoms with Gasteiger partial charge in [0.2, 0.25) is 5.91 Å². The van der Waals surface area contributed by atoms with Gasteiger partial charge in [0, 0.05) is 37.3 Å². The van der Waals surface area contributed by atoms with Gasteiger partial charge in [-0.05, 0) is 12.3 Å². The third-order valence-corrected chi connectivity index (χ3v) is 3.33. The van der Waals surface area contributed by atoms with Gasteiger partial charge in [0.1, 0.15) is 0 Å². The molecule has 1 aromatic heterocycles. The number of carbonyl (C=O) groups excluding carboxylic acids is 1. The molecule has 0 fully saturated rings. The van der Waals surface area contributed by atoms with Crippen LogP contribution in [0.15, 0.2) is 6.20 Å². The first kappa shape index (κ1) is 14.7. The van der Waals surface area contributed by atoms with Crippen LogP contribution >= 0.6 is 0 Å². The molecule has 102 valence electrons. The molecular formula is C13H24N4O. The number of hydrogen-bond acceptors (Lipinski definition) is 3. The largest absolute Gasteiger partial charge is 0.352 e. The fraction of sp³-hybridized carbons (Fsp3) is 0.692. The van der Waals surface area contributed by atoms with Gasteiger partial charge in [-0.15, -0.1) is 0 Å². The minimum absolute atomic E-state index is 0.0133. The number of aryl methyl sites for hydroxylation is 1. The molecule has 0 saturated heterocycles. The highest BCUT2D eigenvalue weighted by atomic mass is 16.1. The van der Waals surface area contributed by atoms with Crippen molar-refractivity contribution in [3.8, 4) is 0 Å². The Hall–Kier alpha value is -1.36. The zero-order valence-corrected chi connectivity index (χ0v) is 11.9. The first-order chi connectivity index (χ1) is 8.21. The van der Waals surface area contributed by atoms with Gasteiger partial charge in [0.25, 0.3) is 0 Å². The number of carbonyl (C=O) groups is 1. The van der Waals surface area contributed by atoms with Crippen LogP contribution in [-0.4, -0.2) is 21.7 Å². The molecule has 0 bridgehead atoms. The molecule has 1 amide bonds. The van der Waals surface area contributed by atoms with Crippen LogP contribution in [0.2, 0.25) is 0 Å². The van der Waals surface area contributed by atoms with Crippen LogP contribution in [0.4, 0.5) is 0 Å². The number of nitrogens with one attached hydrogen (secondary N) is 1. The monoisotopic (exact) mass is 252 g/mol. The first-order valence-corrected chi connectivity index (χ1v) is 6.21. The van der Waals surface area contributed by atoms with E-state index in [4.69, 9.17) is 5.73 Å². The van der Waals surface area contributed by atoms with E-state index in [1.54, 1.807) is 10.9 Å². The number of rotatable bonds is 4. The molecule has 0 aliphatic carbocycles. The number of nitrogens with two attached hydrogens (primary N) is 1. The molecule has 3 N–H and O–H groups in total. The maximum atomic E-state index is 11.8. The highest BCUT2D eigenvalue weighted by Gasteiger charge is 2.23. The number of hydrogen-bond donors (Lipinski definition) is 2. The second-order valence-electron chi connectivity index (χ2n) is 5.83. The van der Waals surface area contributed by atoms with Crippen molar-refractivity contribution in [3.63, 3.8) is 0 Å². The second kappa shape index (κ2) is 5.52. The molecule has 0 aliphatic heterocycles. The molecule has 1 aromatic rings. The van der Waals surface area contributed by atoms with Crippen molar-refractivity contribution in [1.29, 1.82) is 0 Å². The van der Waals surface area contributed by atoms with Gasteiger partial charge >= 0.3 is 0 Å². The normalized spacial score (nSPS) is 13.4. The van der Waals surface area contributed by atoms with E-state index < -0.39 is 0 Å². The molecule has 1 unspecified atom stereocenters. The Labute approximate surface area is 109 Å². The predicted molar refractivity (Wildman–Crippen MR) is 71.8 cm³/mol. The van der Waals surface area contributed by atoms with Gasteiger partial charge in [0.15, 0.2) is 0 Å². The third-order valence-electron chi connectivity index (χ3n) is 3.33. The Morgan fingerprint density at radius 3 is 2.61 bits per heavy atom. The van der Waals surface area contributed by atoms with Crippen molar-refractivity contribution >= 4 is 5.91 Å². The summed E-state index contributed by atoms with van der Waals surface area (Å²) < 4.78 is 1.79. The minimum Gasteiger partial charge on any atom is -0.352 e. The van der Waals surface area contributed by atoms with Gasteiger partial charge in [-0.25, -0.2) is 0 Å². The highest BCUT2D eigenvalue weighted by Crippen LogP contribution is 2.19. The maximum absolute atomic E-state index is 11.8. The van der Waals surface area contributed by atoms with E-state index in [2.05, 4.69) is 10.4 Å². The first-order valence-electron chi connectivity index (χ1n) is 6.21. The zero-order valence-electron chi connectivity index (χ0n) is 11.9. The van der Waals surface area contributed by atoms with Crippen molar-refractivity contribution in [2.24, 2.45) is 18.2 Å². The van der Waals surface area contributed by atoms with Crippen molar-refractivity contribution in [2.75, 3.05) is 0 Å². The Morgan fingerprint density at radius 1 is 1.56 bits per heavy atom. The van der Waals surface area contributed by atoms with Crippen LogP contribution in [0, 0.1) is 12.3 Å². The molecule has 18 heavy (non-hydrogen) atoms. The maximum Gasteiger partial charge on any atom is 0.221 e. The molecule has 0 saturated carbocycles. The summed E-state index contributed by atoms with van der Waals surface area (Å²) in [5.74, 6) is -0.0133. The van der Waals surface area contributed by atoms with Crippen LogP contribution in [0.1, 0.15) is 38.4 Å². The molecule has 1 rings (SSSR count). The Bertz CT molecular complexity index is 417. The Balaban J connectivity index is 2.45. The summed E-state index contributed by atoms with van der Waals surface area (Å²) in [6, 6.07) is -0.132. The van der Waals surface area contributed by atoms with E-state index in [-0.39, 0.29) is 17.4 Å². The molecule has 0 spiro atoms. The number of aromatic nitrogens is 2. The van der Waals surface area contributed by atoms with E-state index in [0.717, 1.165) is 11.3 Å². The average molecular weight is 252 g/mol. The topological polar surface area (TPSA) is 72.9 Å². The minimum atomic E-state index is -0.132. The van der Waals surface area contributed by atoms with Crippen LogP contribution in [0.25, 0.3) is 0 Å². The predicted octanol–water partition coefficient (Wildman–Crippen LogP) is 1.11. The molecule has 5 nitrogen and oxygen atoms in total. The van der Waals surface area contributed by atoms with Crippen molar-refractivity contribution in [3.05, 3.63) is 17.5 Å². The molecule has 1 heterocycles. The SMILES string of the molecule is Cc1c(CNC(=O)CC(N)C(C)(C)C)cnn1C. The summed E-state index contributed by atoms with van der Waals surface area (Å²) in [6.07, 6.45) is 2.13. The smallest absolute Gasteiger partial charge is 0.221 e. The van der Waals surface area contributed by atoms with Crippen LogP contribution in [-0.2, 0) is 18.4 Å². The summed E-state index contributed by atoms with van der Waals surface area (Å²) >= 11 is 0. The zero-order chi connectivity index (χ0) is 13.9. The quantitative estimate of drug-likeness (QED) is 0.843. The molecular weight excluding hydrogens is 228 g/mol. The fourth-order valence-corrected chi connectivity index (χ4v) is 1.49. The molecule has 5 heteroatoms. The van der Waals surface area contributed by atoms with E-state index in [1.165, 1.54) is 0 Å². The lowest BCUT2D eigenvalue weighted by molar-refractivity contribution is -0.122. The molecule has 0 aliphatic rings. The molecule has 0 radical (unpaired) electrons. The summed E-state index contributed by atoms with van der Waals surface area (Å²) in [4.78, 5) is 11.8. The summed E-state index contributed by atoms with van der Waals surface area (Å²) in [5.41, 5.74) is 8.03. The average Bonchev–Trinajstić information content (AvgIpc) is 2.56. The van der Waals surface area contributed by atoms with Gasteiger partial charge in [-0.2, -0.15) is 5.10 Å². The lowest BCUT2D eigenvalue weighted by Gasteiger charge is -2.26. The van der Waals surface area contributed by atoms with Crippen molar-refractivity contribution in [1.82, 2.24) is 15.1 Å². The molecule has 0 aromatic carbocycles. The second-order valence-corrected chi connectivity index (χ2v) is 5.83. The van der Waals surface area contributed by atoms with E-state index in [1.807, 2.05) is 34.7 Å². The fourth-order valence-electron chi connectivity index (χ4n) is 1.49. The standard InChI is InChI=1S/C13H24N4O/c1-9-10(8-16-17(9)5)7-15-12(18)6-11(14)13(2,3)4/h8,11H,6-7,14H2,1-5H3,(H,15,18). The summed E-state index contributed by atoms with van der Waals surface area (Å²) in [6.45, 7) is 8.60. The van der Waals surface area contributed by atoms with Gasteiger partial charge in [-0.3, -0.25) is 9.48 Å². The van der Waals surface area contributed by atoms with Gasteiger partial charge in [-0.1, -0.05) is 20.8 Å². The van der Waals surface area contributed by atoms with Crippen LogP contribution in [0.5, 0.6) is 0 Å². The van der Waals surface area contributed by atoms with Crippen LogP contribution in [0.3, 0.4) is 0 Å². The lowest BCUT2D eigenvalue weighted by Crippen LogP contribution is -2.40. The Morgan fingerprint density at radius 2 is 2.17 bits per heavy atom. The summed E-state index contributed by atoms with van der Waals surface area (Å²) in [7, 11) is 1.89. The number of nitrogens with zero attached hydrogens (tertiary/aromatic N) is 2. The lowest BCUT2D eigenvalue weighted by atomic mass is 9.85. The Kier molecular flexibility index (Phi) is 4.51. The van der Waals surface area contributed by atoms with Crippen molar-refractivity contribution in [2.45, 2.75) is 46.7 Å². The van der Waals surface area contributed by atoms with Crippen molar-refractivity contribution < 1.29 is 4.79 Å². The van der Waals surface area contributed by atoms with E-state index >= 15 is 0 Å². The van der Waals surface area contributed by atoms with E-state index in [9.17, 15) is 4.79 Å². The highest BCUT2D eigenvalue weighted by molar-refractivity contribution is 5.76. The van der Waals surface area contributed by atoms with Crippen LogP contribution < -0.4 is 11.1 Å². The van der Waals surface area contributed by atoms with Gasteiger partial charge < -0.3 is 11.1 Å². The van der Waals surface area contributed by atoms with E-state index in [0.29, 0.717) is 13.0 Å². The van der Waals surface area contributed by atoms with Gasteiger partial charge in [0.05, 0.1) is 6.20 Å². The number of amides is 1.